The summed E-state index contributed by atoms with van der Waals surface area (Å²) in [6.45, 7) is 0.0383. The standard InChI is InChI=1S/C7H8N2O/c10-5-1-2-7-6-8-3-4-9-7/h1-4,6,10H,5H2. The molecular formula is C7H8N2O. The van der Waals surface area contributed by atoms with E-state index in [0.717, 1.165) is 5.69 Å². The number of aliphatic hydroxyl groups is 1. The lowest BCUT2D eigenvalue weighted by atomic mass is 10.4. The normalized spacial score (nSPS) is 10.5. The zero-order chi connectivity index (χ0) is 7.23. The number of hydrogen-bond acceptors (Lipinski definition) is 3. The van der Waals surface area contributed by atoms with Gasteiger partial charge in [-0.3, -0.25) is 9.97 Å². The third-order valence-corrected chi connectivity index (χ3v) is 0.977. The molecule has 10 heavy (non-hydrogen) atoms. The first-order chi connectivity index (χ1) is 4.93. The predicted molar refractivity (Wildman–Crippen MR) is 38.2 cm³/mol. The molecule has 52 valence electrons. The molecule has 0 atom stereocenters. The molecule has 0 aliphatic heterocycles. The fourth-order valence-corrected chi connectivity index (χ4v) is 0.570. The first kappa shape index (κ1) is 6.89. The van der Waals surface area contributed by atoms with E-state index in [9.17, 15) is 0 Å². The van der Waals surface area contributed by atoms with Crippen LogP contribution in [0.3, 0.4) is 0 Å². The molecule has 0 radical (unpaired) electrons. The van der Waals surface area contributed by atoms with Gasteiger partial charge in [0.25, 0.3) is 0 Å². The molecule has 0 fully saturated rings. The van der Waals surface area contributed by atoms with E-state index in [1.807, 2.05) is 0 Å². The van der Waals surface area contributed by atoms with Crippen LogP contribution in [-0.4, -0.2) is 21.7 Å². The molecule has 3 heteroatoms. The minimum Gasteiger partial charge on any atom is -0.392 e. The van der Waals surface area contributed by atoms with Gasteiger partial charge in [-0.05, 0) is 6.08 Å². The van der Waals surface area contributed by atoms with E-state index < -0.39 is 0 Å². The quantitative estimate of drug-likeness (QED) is 0.643. The minimum absolute atomic E-state index is 0.0383. The van der Waals surface area contributed by atoms with E-state index in [-0.39, 0.29) is 6.61 Å². The number of rotatable bonds is 2. The lowest BCUT2D eigenvalue weighted by Gasteiger charge is -1.86. The Bertz CT molecular complexity index is 208. The summed E-state index contributed by atoms with van der Waals surface area (Å²) in [6, 6.07) is 0. The van der Waals surface area contributed by atoms with Gasteiger partial charge >= 0.3 is 0 Å². The second kappa shape index (κ2) is 3.74. The second-order valence-electron chi connectivity index (χ2n) is 1.72. The van der Waals surface area contributed by atoms with Crippen LogP contribution in [0.25, 0.3) is 6.08 Å². The van der Waals surface area contributed by atoms with Crippen molar-refractivity contribution >= 4 is 6.08 Å². The summed E-state index contributed by atoms with van der Waals surface area (Å²) in [7, 11) is 0. The maximum absolute atomic E-state index is 8.39. The van der Waals surface area contributed by atoms with Crippen LogP contribution in [0.15, 0.2) is 24.7 Å². The van der Waals surface area contributed by atoms with E-state index in [2.05, 4.69) is 9.97 Å². The van der Waals surface area contributed by atoms with Crippen molar-refractivity contribution in [3.63, 3.8) is 0 Å². The molecule has 1 heterocycles. The Morgan fingerprint density at radius 1 is 1.50 bits per heavy atom. The van der Waals surface area contributed by atoms with Gasteiger partial charge in [0, 0.05) is 12.4 Å². The second-order valence-corrected chi connectivity index (χ2v) is 1.72. The highest BCUT2D eigenvalue weighted by Gasteiger charge is 1.81. The lowest BCUT2D eigenvalue weighted by Crippen LogP contribution is -1.80. The van der Waals surface area contributed by atoms with Gasteiger partial charge < -0.3 is 5.11 Å². The third kappa shape index (κ3) is 1.95. The molecule has 0 bridgehead atoms. The highest BCUT2D eigenvalue weighted by atomic mass is 16.2. The van der Waals surface area contributed by atoms with Crippen molar-refractivity contribution in [1.82, 2.24) is 9.97 Å². The van der Waals surface area contributed by atoms with Crippen LogP contribution < -0.4 is 0 Å². The molecule has 1 rings (SSSR count). The summed E-state index contributed by atoms with van der Waals surface area (Å²) in [4.78, 5) is 7.80. The molecule has 1 aromatic heterocycles. The molecule has 3 nitrogen and oxygen atoms in total. The largest absolute Gasteiger partial charge is 0.392 e. The zero-order valence-electron chi connectivity index (χ0n) is 5.44. The summed E-state index contributed by atoms with van der Waals surface area (Å²) < 4.78 is 0. The van der Waals surface area contributed by atoms with E-state index in [1.165, 1.54) is 0 Å². The smallest absolute Gasteiger partial charge is 0.0810 e. The van der Waals surface area contributed by atoms with E-state index in [4.69, 9.17) is 5.11 Å². The van der Waals surface area contributed by atoms with Crippen LogP contribution in [-0.2, 0) is 0 Å². The first-order valence-corrected chi connectivity index (χ1v) is 2.97. The SMILES string of the molecule is OCC=Cc1cnccn1. The maximum atomic E-state index is 8.39. The number of aromatic nitrogens is 2. The van der Waals surface area contributed by atoms with Crippen molar-refractivity contribution in [2.24, 2.45) is 0 Å². The Morgan fingerprint density at radius 3 is 3.00 bits per heavy atom. The average Bonchev–Trinajstić information content (AvgIpc) is 2.03. The lowest BCUT2D eigenvalue weighted by molar-refractivity contribution is 0.343. The van der Waals surface area contributed by atoms with Crippen LogP contribution >= 0.6 is 0 Å². The molecule has 0 aliphatic rings. The Labute approximate surface area is 59.1 Å². The van der Waals surface area contributed by atoms with Gasteiger partial charge in [-0.1, -0.05) is 6.08 Å². The van der Waals surface area contributed by atoms with Crippen molar-refractivity contribution in [2.75, 3.05) is 6.61 Å². The van der Waals surface area contributed by atoms with Gasteiger partial charge in [0.15, 0.2) is 0 Å². The van der Waals surface area contributed by atoms with Gasteiger partial charge in [-0.15, -0.1) is 0 Å². The van der Waals surface area contributed by atoms with Crippen LogP contribution in [0.4, 0.5) is 0 Å². The summed E-state index contributed by atoms with van der Waals surface area (Å²) >= 11 is 0. The molecule has 0 aliphatic carbocycles. The summed E-state index contributed by atoms with van der Waals surface area (Å²) in [5, 5.41) is 8.39. The van der Waals surface area contributed by atoms with Crippen LogP contribution in [0.5, 0.6) is 0 Å². The van der Waals surface area contributed by atoms with Gasteiger partial charge in [0.1, 0.15) is 0 Å². The first-order valence-electron chi connectivity index (χ1n) is 2.97. The van der Waals surface area contributed by atoms with E-state index in [0.29, 0.717) is 0 Å². The van der Waals surface area contributed by atoms with Crippen LogP contribution in [0, 0.1) is 0 Å². The van der Waals surface area contributed by atoms with Crippen molar-refractivity contribution < 1.29 is 5.11 Å². The number of hydrogen-bond donors (Lipinski definition) is 1. The molecule has 0 saturated heterocycles. The van der Waals surface area contributed by atoms with Gasteiger partial charge in [0.05, 0.1) is 18.5 Å². The molecule has 0 saturated carbocycles. The third-order valence-electron chi connectivity index (χ3n) is 0.977. The fourth-order valence-electron chi connectivity index (χ4n) is 0.570. The molecule has 0 spiro atoms. The van der Waals surface area contributed by atoms with E-state index >= 15 is 0 Å². The minimum atomic E-state index is 0.0383. The van der Waals surface area contributed by atoms with Gasteiger partial charge in [-0.25, -0.2) is 0 Å². The summed E-state index contributed by atoms with van der Waals surface area (Å²) in [5.74, 6) is 0. The Kier molecular flexibility index (Phi) is 2.58. The van der Waals surface area contributed by atoms with Crippen molar-refractivity contribution in [2.45, 2.75) is 0 Å². The molecule has 0 amide bonds. The average molecular weight is 136 g/mol. The monoisotopic (exact) mass is 136 g/mol. The number of aliphatic hydroxyl groups excluding tert-OH is 1. The van der Waals surface area contributed by atoms with Crippen molar-refractivity contribution in [3.8, 4) is 0 Å². The number of nitrogens with zero attached hydrogens (tertiary/aromatic N) is 2. The Hall–Kier alpha value is -1.22. The summed E-state index contributed by atoms with van der Waals surface area (Å²) in [6.07, 6.45) is 8.18. The molecular weight excluding hydrogens is 128 g/mol. The van der Waals surface area contributed by atoms with Crippen molar-refractivity contribution in [3.05, 3.63) is 30.4 Å². The van der Waals surface area contributed by atoms with Crippen LogP contribution in [0.1, 0.15) is 5.69 Å². The molecule has 1 aromatic rings. The molecule has 0 unspecified atom stereocenters. The van der Waals surface area contributed by atoms with Crippen LogP contribution in [0.2, 0.25) is 0 Å². The fraction of sp³-hybridized carbons (Fsp3) is 0.143. The Balaban J connectivity index is 2.67. The Morgan fingerprint density at radius 2 is 2.40 bits per heavy atom. The predicted octanol–water partition coefficient (Wildman–Crippen LogP) is 0.482. The summed E-state index contributed by atoms with van der Waals surface area (Å²) in [5.41, 5.74) is 0.761. The van der Waals surface area contributed by atoms with Crippen molar-refractivity contribution in [1.29, 1.82) is 0 Å². The van der Waals surface area contributed by atoms with Gasteiger partial charge in [-0.2, -0.15) is 0 Å². The van der Waals surface area contributed by atoms with Gasteiger partial charge in [0.2, 0.25) is 0 Å². The highest BCUT2D eigenvalue weighted by Crippen LogP contribution is 1.91. The zero-order valence-corrected chi connectivity index (χ0v) is 5.44. The molecule has 1 N–H and O–H groups in total. The maximum Gasteiger partial charge on any atom is 0.0810 e. The topological polar surface area (TPSA) is 46.0 Å². The van der Waals surface area contributed by atoms with E-state index in [1.54, 1.807) is 30.7 Å². The highest BCUT2D eigenvalue weighted by molar-refractivity contribution is 5.42. The molecule has 0 aromatic carbocycles.